The Labute approximate surface area is 341 Å². The summed E-state index contributed by atoms with van der Waals surface area (Å²) in [5.74, 6) is 0.654. The maximum atomic E-state index is 15.0. The van der Waals surface area contributed by atoms with E-state index in [-0.39, 0.29) is 42.6 Å². The monoisotopic (exact) mass is 924 g/mol. The van der Waals surface area contributed by atoms with Crippen molar-refractivity contribution in [3.05, 3.63) is 78.3 Å². The van der Waals surface area contributed by atoms with Gasteiger partial charge in [0.15, 0.2) is 23.3 Å². The van der Waals surface area contributed by atoms with Crippen molar-refractivity contribution in [3.8, 4) is 11.1 Å². The molecule has 7 rings (SSSR count). The first-order valence-electron chi connectivity index (χ1n) is 15.9. The Kier molecular flexibility index (Phi) is 18.1. The molecule has 0 atom stereocenters. The molecule has 53 heavy (non-hydrogen) atoms. The highest BCUT2D eigenvalue weighted by Crippen LogP contribution is 2.34. The predicted octanol–water partition coefficient (Wildman–Crippen LogP) is 8.74. The van der Waals surface area contributed by atoms with E-state index in [1.165, 1.54) is 12.1 Å². The van der Waals surface area contributed by atoms with Gasteiger partial charge >= 0.3 is 0 Å². The summed E-state index contributed by atoms with van der Waals surface area (Å²) in [7, 11) is 0. The van der Waals surface area contributed by atoms with Crippen LogP contribution in [0.25, 0.3) is 11.1 Å². The molecule has 3 aliphatic heterocycles. The Balaban J connectivity index is 0.000000217. The lowest BCUT2D eigenvalue weighted by molar-refractivity contribution is 0.122. The summed E-state index contributed by atoms with van der Waals surface area (Å²) in [4.78, 5) is 22.4. The fraction of sp³-hybridized carbons (Fsp3) is 0.429. The maximum absolute atomic E-state index is 15.0. The second kappa shape index (κ2) is 21.5. The molecule has 11 nitrogen and oxygen atoms in total. The van der Waals surface area contributed by atoms with Crippen molar-refractivity contribution in [3.63, 3.8) is 0 Å². The zero-order valence-corrected chi connectivity index (χ0v) is 33.0. The van der Waals surface area contributed by atoms with E-state index >= 15 is 0 Å². The second-order valence-corrected chi connectivity index (χ2v) is 14.3. The first-order valence-corrected chi connectivity index (χ1v) is 18.6. The van der Waals surface area contributed by atoms with E-state index in [1.807, 2.05) is 15.9 Å². The van der Waals surface area contributed by atoms with Crippen molar-refractivity contribution < 1.29 is 23.0 Å². The average Bonchev–Trinajstić information content (AvgIpc) is 3.13. The number of nitrogens with zero attached hydrogens (tertiary/aromatic N) is 7. The Bertz CT molecular complexity index is 1780. The van der Waals surface area contributed by atoms with Crippen LogP contribution < -0.4 is 20.4 Å². The summed E-state index contributed by atoms with van der Waals surface area (Å²) in [5.41, 5.74) is 7.91. The van der Waals surface area contributed by atoms with Crippen molar-refractivity contribution in [1.82, 2.24) is 19.9 Å². The lowest BCUT2D eigenvalue weighted by Gasteiger charge is -2.28. The van der Waals surface area contributed by atoms with Crippen LogP contribution in [0.3, 0.4) is 0 Å². The Morgan fingerprint density at radius 3 is 1.64 bits per heavy atom. The highest BCUT2D eigenvalue weighted by molar-refractivity contribution is 9.10. The van der Waals surface area contributed by atoms with Gasteiger partial charge in [-0.2, -0.15) is 0 Å². The van der Waals surface area contributed by atoms with Gasteiger partial charge < -0.3 is 34.6 Å². The van der Waals surface area contributed by atoms with Crippen molar-refractivity contribution in [2.45, 2.75) is 21.8 Å². The van der Waals surface area contributed by atoms with Crippen LogP contribution >= 0.6 is 66.7 Å². The van der Waals surface area contributed by atoms with Gasteiger partial charge in [-0.1, -0.05) is 65.6 Å². The standard InChI is InChI=1S/C15H16ClFN4O.C9H9BrClFN2O.C9H10BrClN2O.2CH4/c1-9-11(6-10(18)8-19-9)12-7-13(16)20-15(14(12)17)21-2-4-22-5-3-21;10-6-5-7(11)13-9(8(6)12)14-1-3-15-4-2-14;10-7-5-8(11)12-9(6-7)13-1-3-14-4-2-13;;/h6-8H,2-5,18H2,1H3;5H,1-4H2;5-6H,1-4H2;2*1H4. The smallest absolute Gasteiger partial charge is 0.179 e. The van der Waals surface area contributed by atoms with Gasteiger partial charge in [0.2, 0.25) is 0 Å². The fourth-order valence-electron chi connectivity index (χ4n) is 5.34. The molecular weight excluding hydrogens is 885 g/mol. The molecular formula is C35H43Br2Cl3F2N8O3. The van der Waals surface area contributed by atoms with Gasteiger partial charge in [-0.05, 0) is 53.2 Å². The minimum atomic E-state index is -0.415. The minimum absolute atomic E-state index is 0. The lowest BCUT2D eigenvalue weighted by atomic mass is 10.0. The molecule has 18 heteroatoms. The van der Waals surface area contributed by atoms with Crippen LogP contribution in [-0.4, -0.2) is 98.8 Å². The molecule has 4 aromatic rings. The fourth-order valence-corrected chi connectivity index (χ4v) is 7.00. The summed E-state index contributed by atoms with van der Waals surface area (Å²) in [6.45, 7) is 9.76. The van der Waals surface area contributed by atoms with Gasteiger partial charge in [0.1, 0.15) is 21.3 Å². The molecule has 0 bridgehead atoms. The second-order valence-electron chi connectivity index (χ2n) is 11.4. The van der Waals surface area contributed by atoms with Crippen LogP contribution in [0, 0.1) is 18.6 Å². The molecule has 4 aromatic heterocycles. The molecule has 0 aliphatic carbocycles. The normalized spacial score (nSPS) is 15.6. The van der Waals surface area contributed by atoms with Gasteiger partial charge in [-0.3, -0.25) is 4.98 Å². The number of nitrogen functional groups attached to an aromatic ring is 1. The van der Waals surface area contributed by atoms with Gasteiger partial charge in [0.25, 0.3) is 0 Å². The SMILES string of the molecule is C.C.Cc1ncc(N)cc1-c1cc(Cl)nc(N2CCOCC2)c1F.Clc1cc(Br)cc(N2CCOCC2)n1.Fc1c(Br)cc(Cl)nc1N1CCOCC1. The quantitative estimate of drug-likeness (QED) is 0.198. The molecule has 290 valence electrons. The van der Waals surface area contributed by atoms with E-state index in [4.69, 9.17) is 54.7 Å². The van der Waals surface area contributed by atoms with Crippen molar-refractivity contribution in [1.29, 1.82) is 0 Å². The summed E-state index contributed by atoms with van der Waals surface area (Å²) in [6.07, 6.45) is 1.54. The van der Waals surface area contributed by atoms with E-state index < -0.39 is 5.82 Å². The summed E-state index contributed by atoms with van der Waals surface area (Å²) in [5, 5.41) is 1.03. The molecule has 3 aliphatic rings. The number of anilines is 4. The summed E-state index contributed by atoms with van der Waals surface area (Å²) >= 11 is 24.2. The van der Waals surface area contributed by atoms with E-state index in [1.54, 1.807) is 25.3 Å². The van der Waals surface area contributed by atoms with Crippen LogP contribution in [0.4, 0.5) is 31.9 Å². The van der Waals surface area contributed by atoms with E-state index in [0.717, 1.165) is 36.6 Å². The molecule has 0 unspecified atom stereocenters. The maximum Gasteiger partial charge on any atom is 0.179 e. The molecule has 0 amide bonds. The third-order valence-corrected chi connectivity index (χ3v) is 9.49. The van der Waals surface area contributed by atoms with Crippen LogP contribution in [0.5, 0.6) is 0 Å². The Hall–Kier alpha value is -2.63. The number of pyridine rings is 4. The highest BCUT2D eigenvalue weighted by atomic mass is 79.9. The molecule has 0 radical (unpaired) electrons. The molecule has 7 heterocycles. The van der Waals surface area contributed by atoms with Crippen LogP contribution in [0.15, 0.2) is 45.5 Å². The van der Waals surface area contributed by atoms with E-state index in [9.17, 15) is 8.78 Å². The molecule has 0 aromatic carbocycles. The van der Waals surface area contributed by atoms with Gasteiger partial charge in [-0.15, -0.1) is 0 Å². The minimum Gasteiger partial charge on any atom is -0.397 e. The highest BCUT2D eigenvalue weighted by Gasteiger charge is 2.23. The first kappa shape index (κ1) is 44.8. The summed E-state index contributed by atoms with van der Waals surface area (Å²) < 4.78 is 45.7. The zero-order chi connectivity index (χ0) is 36.5. The summed E-state index contributed by atoms with van der Waals surface area (Å²) in [6, 6.07) is 8.40. The number of nitrogens with two attached hydrogens (primary N) is 1. The number of hydrogen-bond donors (Lipinski definition) is 1. The number of morpholine rings is 3. The molecule has 2 N–H and O–H groups in total. The van der Waals surface area contributed by atoms with Gasteiger partial charge in [0, 0.05) is 60.6 Å². The van der Waals surface area contributed by atoms with Crippen molar-refractivity contribution in [2.75, 3.05) is 99.3 Å². The third-order valence-electron chi connectivity index (χ3n) is 7.87. The van der Waals surface area contributed by atoms with Crippen molar-refractivity contribution >= 4 is 89.8 Å². The van der Waals surface area contributed by atoms with Crippen LogP contribution in [-0.2, 0) is 14.2 Å². The molecule has 3 fully saturated rings. The molecule has 0 spiro atoms. The van der Waals surface area contributed by atoms with Crippen LogP contribution in [0.1, 0.15) is 20.5 Å². The number of rotatable bonds is 4. The molecule has 3 saturated heterocycles. The number of halogens is 7. The third kappa shape index (κ3) is 12.4. The van der Waals surface area contributed by atoms with Crippen molar-refractivity contribution in [2.24, 2.45) is 0 Å². The van der Waals surface area contributed by atoms with E-state index in [0.29, 0.717) is 84.7 Å². The zero-order valence-electron chi connectivity index (χ0n) is 27.5. The van der Waals surface area contributed by atoms with E-state index in [2.05, 4.69) is 56.7 Å². The molecule has 0 saturated carbocycles. The van der Waals surface area contributed by atoms with Crippen LogP contribution in [0.2, 0.25) is 15.5 Å². The number of aryl methyl sites for hydroxylation is 1. The largest absolute Gasteiger partial charge is 0.397 e. The topological polar surface area (TPSA) is 115 Å². The number of ether oxygens (including phenoxy) is 3. The predicted molar refractivity (Wildman–Crippen MR) is 218 cm³/mol. The lowest BCUT2D eigenvalue weighted by Crippen LogP contribution is -2.37. The van der Waals surface area contributed by atoms with Gasteiger partial charge in [-0.25, -0.2) is 23.7 Å². The number of aromatic nitrogens is 4. The van der Waals surface area contributed by atoms with Gasteiger partial charge in [0.05, 0.1) is 56.0 Å². The number of hydrogen-bond acceptors (Lipinski definition) is 11. The average molecular weight is 928 g/mol. The first-order chi connectivity index (χ1) is 24.5. The Morgan fingerprint density at radius 1 is 0.642 bits per heavy atom. The Morgan fingerprint density at radius 2 is 1.11 bits per heavy atom.